The zero-order valence-electron chi connectivity index (χ0n) is 8.22. The highest BCUT2D eigenvalue weighted by atomic mass is 35.5. The molecule has 0 aliphatic heterocycles. The molecule has 0 aliphatic carbocycles. The minimum absolute atomic E-state index is 0.439. The highest BCUT2D eigenvalue weighted by Crippen LogP contribution is 2.23. The number of benzene rings is 1. The van der Waals surface area contributed by atoms with Crippen LogP contribution in [0.3, 0.4) is 0 Å². The molecule has 1 aromatic carbocycles. The minimum Gasteiger partial charge on any atom is -0.383 e. The van der Waals surface area contributed by atoms with E-state index in [1.54, 1.807) is 7.11 Å². The zero-order chi connectivity index (χ0) is 10.4. The van der Waals surface area contributed by atoms with Crippen molar-refractivity contribution < 1.29 is 4.74 Å². The molecule has 4 heteroatoms. The molecule has 3 nitrogen and oxygen atoms in total. The van der Waals surface area contributed by atoms with Crippen molar-refractivity contribution in [3.05, 3.63) is 28.8 Å². The summed E-state index contributed by atoms with van der Waals surface area (Å²) < 4.78 is 4.94. The SMILES string of the molecule is COCCNc1cccc(Cl)c1CN. The number of halogens is 1. The normalized spacial score (nSPS) is 10.2. The Bertz CT molecular complexity index is 291. The molecule has 78 valence electrons. The maximum absolute atomic E-state index is 5.99. The molecule has 0 heterocycles. The number of hydrogen-bond acceptors (Lipinski definition) is 3. The second-order valence-corrected chi connectivity index (χ2v) is 3.30. The van der Waals surface area contributed by atoms with Crippen molar-refractivity contribution >= 4 is 17.3 Å². The summed E-state index contributed by atoms with van der Waals surface area (Å²) in [6.45, 7) is 1.86. The van der Waals surface area contributed by atoms with Gasteiger partial charge in [-0.1, -0.05) is 17.7 Å². The van der Waals surface area contributed by atoms with Gasteiger partial charge in [-0.15, -0.1) is 0 Å². The van der Waals surface area contributed by atoms with Gasteiger partial charge in [0.15, 0.2) is 0 Å². The fourth-order valence-electron chi connectivity index (χ4n) is 1.22. The molecule has 3 N–H and O–H groups in total. The summed E-state index contributed by atoms with van der Waals surface area (Å²) in [6, 6.07) is 5.70. The molecule has 0 spiro atoms. The van der Waals surface area contributed by atoms with Gasteiger partial charge in [0, 0.05) is 36.5 Å². The predicted octanol–water partition coefficient (Wildman–Crippen LogP) is 1.86. The first-order chi connectivity index (χ1) is 6.79. The second-order valence-electron chi connectivity index (χ2n) is 2.89. The Morgan fingerprint density at radius 3 is 2.93 bits per heavy atom. The van der Waals surface area contributed by atoms with Crippen LogP contribution in [0.4, 0.5) is 5.69 Å². The highest BCUT2D eigenvalue weighted by Gasteiger charge is 2.03. The third-order valence-corrected chi connectivity index (χ3v) is 2.30. The van der Waals surface area contributed by atoms with Crippen LogP contribution in [-0.2, 0) is 11.3 Å². The summed E-state index contributed by atoms with van der Waals surface area (Å²) in [4.78, 5) is 0. The van der Waals surface area contributed by atoms with Gasteiger partial charge in [-0.2, -0.15) is 0 Å². The molecule has 0 bridgehead atoms. The fraction of sp³-hybridized carbons (Fsp3) is 0.400. The Kier molecular flexibility index (Phi) is 4.73. The van der Waals surface area contributed by atoms with Crippen LogP contribution in [0.5, 0.6) is 0 Å². The first-order valence-electron chi connectivity index (χ1n) is 4.50. The third kappa shape index (κ3) is 2.87. The predicted molar refractivity (Wildman–Crippen MR) is 59.7 cm³/mol. The Hall–Kier alpha value is -0.770. The zero-order valence-corrected chi connectivity index (χ0v) is 8.97. The molecule has 0 unspecified atom stereocenters. The van der Waals surface area contributed by atoms with E-state index in [9.17, 15) is 0 Å². The van der Waals surface area contributed by atoms with Crippen LogP contribution < -0.4 is 11.1 Å². The summed E-state index contributed by atoms with van der Waals surface area (Å²) in [6.07, 6.45) is 0. The molecule has 1 aromatic rings. The van der Waals surface area contributed by atoms with Crippen molar-refractivity contribution in [1.82, 2.24) is 0 Å². The monoisotopic (exact) mass is 214 g/mol. The summed E-state index contributed by atoms with van der Waals surface area (Å²) in [5, 5.41) is 3.92. The van der Waals surface area contributed by atoms with Gasteiger partial charge in [-0.05, 0) is 12.1 Å². The summed E-state index contributed by atoms with van der Waals surface area (Å²) in [5.74, 6) is 0. The van der Waals surface area contributed by atoms with E-state index in [1.807, 2.05) is 18.2 Å². The van der Waals surface area contributed by atoms with Crippen molar-refractivity contribution in [1.29, 1.82) is 0 Å². The van der Waals surface area contributed by atoms with E-state index in [4.69, 9.17) is 22.1 Å². The largest absolute Gasteiger partial charge is 0.383 e. The van der Waals surface area contributed by atoms with Gasteiger partial charge in [-0.3, -0.25) is 0 Å². The summed E-state index contributed by atoms with van der Waals surface area (Å²) >= 11 is 5.99. The molecular weight excluding hydrogens is 200 g/mol. The molecule has 0 radical (unpaired) electrons. The van der Waals surface area contributed by atoms with Crippen LogP contribution in [-0.4, -0.2) is 20.3 Å². The maximum Gasteiger partial charge on any atom is 0.0635 e. The number of hydrogen-bond donors (Lipinski definition) is 2. The van der Waals surface area contributed by atoms with Crippen molar-refractivity contribution in [2.24, 2.45) is 5.73 Å². The van der Waals surface area contributed by atoms with Crippen LogP contribution >= 0.6 is 11.6 Å². The average Bonchev–Trinajstić information content (AvgIpc) is 2.18. The number of anilines is 1. The number of ether oxygens (including phenoxy) is 1. The van der Waals surface area contributed by atoms with Gasteiger partial charge in [-0.25, -0.2) is 0 Å². The standard InChI is InChI=1S/C10H15ClN2O/c1-14-6-5-13-10-4-2-3-9(11)8(10)7-12/h2-4,13H,5-7,12H2,1H3. The van der Waals surface area contributed by atoms with E-state index < -0.39 is 0 Å². The van der Waals surface area contributed by atoms with Gasteiger partial charge in [0.1, 0.15) is 0 Å². The Labute approximate surface area is 89.2 Å². The quantitative estimate of drug-likeness (QED) is 0.736. The first kappa shape index (κ1) is 11.3. The van der Waals surface area contributed by atoms with E-state index in [-0.39, 0.29) is 0 Å². The number of rotatable bonds is 5. The lowest BCUT2D eigenvalue weighted by atomic mass is 10.2. The lowest BCUT2D eigenvalue weighted by molar-refractivity contribution is 0.211. The number of methoxy groups -OCH3 is 1. The molecule has 1 rings (SSSR count). The van der Waals surface area contributed by atoms with E-state index in [2.05, 4.69) is 5.32 Å². The molecule has 14 heavy (non-hydrogen) atoms. The van der Waals surface area contributed by atoms with Crippen LogP contribution in [0.15, 0.2) is 18.2 Å². The first-order valence-corrected chi connectivity index (χ1v) is 4.87. The van der Waals surface area contributed by atoms with Crippen LogP contribution in [0.25, 0.3) is 0 Å². The topological polar surface area (TPSA) is 47.3 Å². The van der Waals surface area contributed by atoms with Crippen molar-refractivity contribution in [2.45, 2.75) is 6.54 Å². The Morgan fingerprint density at radius 1 is 1.50 bits per heavy atom. The fourth-order valence-corrected chi connectivity index (χ4v) is 1.47. The molecule has 0 atom stereocenters. The Morgan fingerprint density at radius 2 is 2.29 bits per heavy atom. The third-order valence-electron chi connectivity index (χ3n) is 1.94. The molecular formula is C10H15ClN2O. The Balaban J connectivity index is 2.70. The molecule has 0 aliphatic rings. The van der Waals surface area contributed by atoms with E-state index in [1.165, 1.54) is 0 Å². The van der Waals surface area contributed by atoms with Crippen molar-refractivity contribution in [2.75, 3.05) is 25.6 Å². The highest BCUT2D eigenvalue weighted by molar-refractivity contribution is 6.31. The lowest BCUT2D eigenvalue weighted by Gasteiger charge is -2.11. The van der Waals surface area contributed by atoms with E-state index in [0.717, 1.165) is 17.8 Å². The minimum atomic E-state index is 0.439. The van der Waals surface area contributed by atoms with Crippen LogP contribution in [0, 0.1) is 0 Å². The number of nitrogens with two attached hydrogens (primary N) is 1. The van der Waals surface area contributed by atoms with Gasteiger partial charge in [0.05, 0.1) is 6.61 Å². The second kappa shape index (κ2) is 5.86. The van der Waals surface area contributed by atoms with Crippen molar-refractivity contribution in [3.63, 3.8) is 0 Å². The van der Waals surface area contributed by atoms with Gasteiger partial charge in [0.25, 0.3) is 0 Å². The van der Waals surface area contributed by atoms with Crippen LogP contribution in [0.2, 0.25) is 5.02 Å². The van der Waals surface area contributed by atoms with E-state index >= 15 is 0 Å². The molecule has 0 aromatic heterocycles. The van der Waals surface area contributed by atoms with Gasteiger partial charge in [0.2, 0.25) is 0 Å². The summed E-state index contributed by atoms with van der Waals surface area (Å²) in [5.41, 5.74) is 7.53. The molecule has 0 amide bonds. The molecule has 0 saturated carbocycles. The van der Waals surface area contributed by atoms with Crippen LogP contribution in [0.1, 0.15) is 5.56 Å². The molecule has 0 saturated heterocycles. The summed E-state index contributed by atoms with van der Waals surface area (Å²) in [7, 11) is 1.67. The maximum atomic E-state index is 5.99. The van der Waals surface area contributed by atoms with E-state index in [0.29, 0.717) is 18.2 Å². The van der Waals surface area contributed by atoms with Gasteiger partial charge < -0.3 is 15.8 Å². The smallest absolute Gasteiger partial charge is 0.0635 e. The number of nitrogens with one attached hydrogen (secondary N) is 1. The van der Waals surface area contributed by atoms with Crippen molar-refractivity contribution in [3.8, 4) is 0 Å². The lowest BCUT2D eigenvalue weighted by Crippen LogP contribution is -2.11. The average molecular weight is 215 g/mol. The molecule has 0 fully saturated rings. The van der Waals surface area contributed by atoms with Gasteiger partial charge >= 0.3 is 0 Å².